The molecule has 20 heavy (non-hydrogen) atoms. The number of hydrogen-bond donors (Lipinski definition) is 1. The Bertz CT molecular complexity index is 570. The van der Waals surface area contributed by atoms with Crippen molar-refractivity contribution in [2.45, 2.75) is 32.4 Å². The Labute approximate surface area is 122 Å². The van der Waals surface area contributed by atoms with Crippen molar-refractivity contribution in [3.05, 3.63) is 46.5 Å². The number of halogens is 2. The highest BCUT2D eigenvalue weighted by molar-refractivity contribution is 6.31. The summed E-state index contributed by atoms with van der Waals surface area (Å²) < 4.78 is 15.0. The van der Waals surface area contributed by atoms with Crippen molar-refractivity contribution >= 4 is 11.6 Å². The van der Waals surface area contributed by atoms with Gasteiger partial charge in [0.25, 0.3) is 0 Å². The van der Waals surface area contributed by atoms with Gasteiger partial charge in [-0.05, 0) is 37.6 Å². The molecule has 0 amide bonds. The Morgan fingerprint density at radius 2 is 2.25 bits per heavy atom. The summed E-state index contributed by atoms with van der Waals surface area (Å²) in [6.07, 6.45) is 3.41. The maximum atomic E-state index is 13.1. The molecule has 0 radical (unpaired) electrons. The fraction of sp³-hybridized carbons (Fsp3) is 0.429. The third kappa shape index (κ3) is 3.35. The van der Waals surface area contributed by atoms with E-state index < -0.39 is 0 Å². The molecule has 2 aromatic rings. The maximum Gasteiger partial charge on any atom is 0.124 e. The summed E-state index contributed by atoms with van der Waals surface area (Å²) in [5, 5.41) is 11.7. The van der Waals surface area contributed by atoms with Crippen LogP contribution in [0.4, 0.5) is 4.39 Å². The molecule has 1 heterocycles. The highest BCUT2D eigenvalue weighted by atomic mass is 35.5. The van der Waals surface area contributed by atoms with Crippen molar-refractivity contribution < 1.29 is 4.39 Å². The molecular weight excluding hydrogens is 279 g/mol. The van der Waals surface area contributed by atoms with Gasteiger partial charge in [-0.1, -0.05) is 29.8 Å². The zero-order valence-electron chi connectivity index (χ0n) is 11.6. The molecule has 1 aromatic heterocycles. The first-order valence-corrected chi connectivity index (χ1v) is 7.03. The van der Waals surface area contributed by atoms with Crippen molar-refractivity contribution in [2.24, 2.45) is 0 Å². The molecule has 2 rings (SSSR count). The Kier molecular flexibility index (Phi) is 5.09. The molecule has 6 heteroatoms. The lowest BCUT2D eigenvalue weighted by Crippen LogP contribution is -2.22. The quantitative estimate of drug-likeness (QED) is 0.891. The highest BCUT2D eigenvalue weighted by Gasteiger charge is 2.17. The second kappa shape index (κ2) is 6.81. The van der Waals surface area contributed by atoms with E-state index in [-0.39, 0.29) is 11.9 Å². The molecule has 0 spiro atoms. The van der Waals surface area contributed by atoms with Crippen molar-refractivity contribution in [1.29, 1.82) is 0 Å². The summed E-state index contributed by atoms with van der Waals surface area (Å²) in [6.45, 7) is 2.92. The molecule has 0 bridgehead atoms. The Morgan fingerprint density at radius 3 is 2.90 bits per heavy atom. The summed E-state index contributed by atoms with van der Waals surface area (Å²) in [6, 6.07) is 4.52. The number of aryl methyl sites for hydroxylation is 1. The fourth-order valence-corrected chi connectivity index (χ4v) is 2.43. The van der Waals surface area contributed by atoms with E-state index in [1.165, 1.54) is 12.1 Å². The number of aromatic nitrogens is 3. The van der Waals surface area contributed by atoms with Gasteiger partial charge in [0.05, 0.1) is 17.9 Å². The molecule has 0 aliphatic heterocycles. The Hall–Kier alpha value is -1.46. The summed E-state index contributed by atoms with van der Waals surface area (Å²) in [7, 11) is 1.88. The van der Waals surface area contributed by atoms with Crippen molar-refractivity contribution in [2.75, 3.05) is 7.05 Å². The molecule has 0 fully saturated rings. The van der Waals surface area contributed by atoms with Crippen LogP contribution in [0.25, 0.3) is 0 Å². The van der Waals surface area contributed by atoms with Gasteiger partial charge >= 0.3 is 0 Å². The Balaban J connectivity index is 2.22. The van der Waals surface area contributed by atoms with Gasteiger partial charge in [0.1, 0.15) is 5.82 Å². The van der Waals surface area contributed by atoms with Crippen LogP contribution in [0.5, 0.6) is 0 Å². The smallest absolute Gasteiger partial charge is 0.124 e. The van der Waals surface area contributed by atoms with Crippen LogP contribution in [0.15, 0.2) is 24.4 Å². The first-order valence-electron chi connectivity index (χ1n) is 6.65. The monoisotopic (exact) mass is 296 g/mol. The number of rotatable bonds is 6. The molecule has 108 valence electrons. The van der Waals surface area contributed by atoms with E-state index in [1.54, 1.807) is 12.3 Å². The van der Waals surface area contributed by atoms with Gasteiger partial charge in [0.2, 0.25) is 0 Å². The average molecular weight is 297 g/mol. The minimum atomic E-state index is -0.322. The van der Waals surface area contributed by atoms with E-state index in [4.69, 9.17) is 11.6 Å². The van der Waals surface area contributed by atoms with E-state index in [0.29, 0.717) is 11.4 Å². The van der Waals surface area contributed by atoms with Crippen LogP contribution in [0.2, 0.25) is 5.02 Å². The topological polar surface area (TPSA) is 42.7 Å². The second-order valence-corrected chi connectivity index (χ2v) is 5.07. The van der Waals surface area contributed by atoms with Gasteiger partial charge in [-0.3, -0.25) is 0 Å². The molecule has 0 saturated heterocycles. The molecule has 1 unspecified atom stereocenters. The van der Waals surface area contributed by atoms with Crippen LogP contribution < -0.4 is 5.32 Å². The normalized spacial score (nSPS) is 12.6. The molecule has 0 aliphatic carbocycles. The van der Waals surface area contributed by atoms with Gasteiger partial charge in [0.15, 0.2) is 0 Å². The number of hydrogen-bond acceptors (Lipinski definition) is 3. The summed E-state index contributed by atoms with van der Waals surface area (Å²) in [4.78, 5) is 0. The van der Waals surface area contributed by atoms with Crippen molar-refractivity contribution in [3.8, 4) is 0 Å². The fourth-order valence-electron chi connectivity index (χ4n) is 2.18. The van der Waals surface area contributed by atoms with Crippen molar-refractivity contribution in [3.63, 3.8) is 0 Å². The minimum absolute atomic E-state index is 0.0412. The van der Waals surface area contributed by atoms with Crippen molar-refractivity contribution in [1.82, 2.24) is 20.3 Å². The highest BCUT2D eigenvalue weighted by Crippen LogP contribution is 2.24. The van der Waals surface area contributed by atoms with Gasteiger partial charge in [-0.25, -0.2) is 9.07 Å². The largest absolute Gasteiger partial charge is 0.311 e. The molecule has 1 aromatic carbocycles. The van der Waals surface area contributed by atoms with Gasteiger partial charge < -0.3 is 5.32 Å². The SMILES string of the molecule is CCCn1nncc1C(Cc1ccc(F)cc1Cl)NC. The summed E-state index contributed by atoms with van der Waals surface area (Å²) >= 11 is 6.09. The first kappa shape index (κ1) is 14.9. The zero-order chi connectivity index (χ0) is 14.5. The van der Waals surface area contributed by atoms with Gasteiger partial charge in [0, 0.05) is 11.6 Å². The molecule has 0 saturated carbocycles. The van der Waals surface area contributed by atoms with E-state index >= 15 is 0 Å². The van der Waals surface area contributed by atoms with Crippen LogP contribution in [0.1, 0.15) is 30.6 Å². The molecular formula is C14H18ClFN4. The van der Waals surface area contributed by atoms with Crippen LogP contribution in [0, 0.1) is 5.82 Å². The predicted octanol–water partition coefficient (Wildman–Crippen LogP) is 2.98. The van der Waals surface area contributed by atoms with E-state index in [2.05, 4.69) is 22.6 Å². The number of nitrogens with zero attached hydrogens (tertiary/aromatic N) is 3. The van der Waals surface area contributed by atoms with Crippen LogP contribution in [-0.2, 0) is 13.0 Å². The number of likely N-dealkylation sites (N-methyl/N-ethyl adjacent to an activating group) is 1. The van der Waals surface area contributed by atoms with Crippen LogP contribution in [-0.4, -0.2) is 22.0 Å². The summed E-state index contributed by atoms with van der Waals surface area (Å²) in [5.41, 5.74) is 1.91. The van der Waals surface area contributed by atoms with E-state index in [0.717, 1.165) is 24.2 Å². The van der Waals surface area contributed by atoms with Gasteiger partial charge in [-0.15, -0.1) is 5.10 Å². The zero-order valence-corrected chi connectivity index (χ0v) is 12.4. The van der Waals surface area contributed by atoms with E-state index in [1.807, 2.05) is 11.7 Å². The number of benzene rings is 1. The van der Waals surface area contributed by atoms with Crippen LogP contribution in [0.3, 0.4) is 0 Å². The molecule has 1 atom stereocenters. The third-order valence-corrected chi connectivity index (χ3v) is 3.58. The first-order chi connectivity index (χ1) is 9.65. The lowest BCUT2D eigenvalue weighted by atomic mass is 10.0. The average Bonchev–Trinajstić information content (AvgIpc) is 2.87. The standard InChI is InChI=1S/C14H18ClFN4/c1-3-6-20-14(9-18-19-20)13(17-2)7-10-4-5-11(16)8-12(10)15/h4-5,8-9,13,17H,3,6-7H2,1-2H3. The lowest BCUT2D eigenvalue weighted by molar-refractivity contribution is 0.490. The summed E-state index contributed by atoms with van der Waals surface area (Å²) in [5.74, 6) is -0.322. The number of nitrogens with one attached hydrogen (secondary N) is 1. The Morgan fingerprint density at radius 1 is 1.45 bits per heavy atom. The lowest BCUT2D eigenvalue weighted by Gasteiger charge is -2.17. The third-order valence-electron chi connectivity index (χ3n) is 3.23. The van der Waals surface area contributed by atoms with Crippen LogP contribution >= 0.6 is 11.6 Å². The second-order valence-electron chi connectivity index (χ2n) is 4.66. The predicted molar refractivity (Wildman–Crippen MR) is 77.2 cm³/mol. The molecule has 1 N–H and O–H groups in total. The minimum Gasteiger partial charge on any atom is -0.311 e. The molecule has 4 nitrogen and oxygen atoms in total. The molecule has 0 aliphatic rings. The van der Waals surface area contributed by atoms with Gasteiger partial charge in [-0.2, -0.15) is 0 Å². The van der Waals surface area contributed by atoms with E-state index in [9.17, 15) is 4.39 Å². The maximum absolute atomic E-state index is 13.1.